The fourth-order valence-electron chi connectivity index (χ4n) is 5.20. The first kappa shape index (κ1) is 27.8. The van der Waals surface area contributed by atoms with Gasteiger partial charge in [-0.1, -0.05) is 35.9 Å². The minimum atomic E-state index is -2.88. The molecule has 0 aromatic heterocycles. The Kier molecular flexibility index (Phi) is 7.65. The number of methoxy groups -OCH3 is 1. The lowest BCUT2D eigenvalue weighted by Gasteiger charge is -2.40. The fourth-order valence-corrected chi connectivity index (χ4v) is 5.43. The average molecular weight is 552 g/mol. The van der Waals surface area contributed by atoms with Crippen LogP contribution in [0.15, 0.2) is 48.5 Å². The minimum absolute atomic E-state index is 0.0449. The number of amides is 3. The zero-order chi connectivity index (χ0) is 27.8. The van der Waals surface area contributed by atoms with Crippen LogP contribution in [0.5, 0.6) is 0 Å². The molecule has 1 aliphatic carbocycles. The molecule has 1 N–H and O–H groups in total. The zero-order valence-electron chi connectivity index (χ0n) is 21.2. The predicted octanol–water partition coefficient (Wildman–Crippen LogP) is 5.48. The molecule has 7 nitrogen and oxygen atoms in total. The third kappa shape index (κ3) is 5.45. The first-order chi connectivity index (χ1) is 17.8. The van der Waals surface area contributed by atoms with Crippen molar-refractivity contribution < 1.29 is 32.3 Å². The Labute approximate surface area is 223 Å². The van der Waals surface area contributed by atoms with Gasteiger partial charge in [0, 0.05) is 40.7 Å². The highest BCUT2D eigenvalue weighted by Crippen LogP contribution is 2.41. The van der Waals surface area contributed by atoms with Gasteiger partial charge in [0.15, 0.2) is 0 Å². The third-order valence-electron chi connectivity index (χ3n) is 7.12. The van der Waals surface area contributed by atoms with Gasteiger partial charge >= 0.3 is 6.09 Å². The minimum Gasteiger partial charge on any atom is -0.453 e. The quantitative estimate of drug-likeness (QED) is 0.516. The molecule has 1 heterocycles. The SMILES string of the molecule is COC(=O)N1[C@H](C(=O)N(c2cccc(F)c2)[C@H](C(=O)NC2CC(F)(F)C2)c2ccccc2Cl)CCC1(C)C. The van der Waals surface area contributed by atoms with Crippen LogP contribution in [0.2, 0.25) is 5.02 Å². The van der Waals surface area contributed by atoms with E-state index in [2.05, 4.69) is 5.32 Å². The number of halogens is 4. The summed E-state index contributed by atoms with van der Waals surface area (Å²) in [5.74, 6) is -4.95. The molecule has 2 atom stereocenters. The maximum atomic E-state index is 14.4. The second-order valence-electron chi connectivity index (χ2n) is 10.3. The van der Waals surface area contributed by atoms with E-state index in [1.807, 2.05) is 0 Å². The number of hydrogen-bond donors (Lipinski definition) is 1. The van der Waals surface area contributed by atoms with Gasteiger partial charge in [0.05, 0.1) is 7.11 Å². The summed E-state index contributed by atoms with van der Waals surface area (Å²) in [5.41, 5.74) is -0.471. The Morgan fingerprint density at radius 1 is 1.13 bits per heavy atom. The van der Waals surface area contributed by atoms with E-state index in [1.54, 1.807) is 26.0 Å². The molecule has 11 heteroatoms. The second-order valence-corrected chi connectivity index (χ2v) is 10.7. The summed E-state index contributed by atoms with van der Waals surface area (Å²) in [4.78, 5) is 43.2. The van der Waals surface area contributed by atoms with Gasteiger partial charge in [-0.2, -0.15) is 0 Å². The standard InChI is InChI=1S/C27H29ClF3N3O4/c1-26(2)12-11-21(34(26)25(37)38-3)24(36)33(18-8-6-7-16(29)13-18)22(19-9-4-5-10-20(19)28)23(35)32-17-14-27(30,31)15-17/h4-10,13,17,21-22H,11-12,14-15H2,1-3H3,(H,32,35)/t21-,22-/m0/s1. The number of nitrogens with zero attached hydrogens (tertiary/aromatic N) is 2. The molecule has 2 aliphatic rings. The van der Waals surface area contributed by atoms with Crippen molar-refractivity contribution in [3.8, 4) is 0 Å². The van der Waals surface area contributed by atoms with Crippen molar-refractivity contribution in [2.75, 3.05) is 12.0 Å². The van der Waals surface area contributed by atoms with Crippen molar-refractivity contribution in [3.63, 3.8) is 0 Å². The highest BCUT2D eigenvalue weighted by atomic mass is 35.5. The summed E-state index contributed by atoms with van der Waals surface area (Å²) in [6.07, 6.45) is -1.06. The number of ether oxygens (including phenoxy) is 1. The lowest BCUT2D eigenvalue weighted by atomic mass is 9.87. The lowest BCUT2D eigenvalue weighted by Crippen LogP contribution is -2.57. The third-order valence-corrected chi connectivity index (χ3v) is 7.46. The molecule has 4 rings (SSSR count). The van der Waals surface area contributed by atoms with Crippen LogP contribution in [0.1, 0.15) is 51.1 Å². The molecule has 0 spiro atoms. The Morgan fingerprint density at radius 3 is 2.42 bits per heavy atom. The monoisotopic (exact) mass is 551 g/mol. The van der Waals surface area contributed by atoms with E-state index in [9.17, 15) is 27.6 Å². The second kappa shape index (κ2) is 10.5. The smallest absolute Gasteiger partial charge is 0.410 e. The fraction of sp³-hybridized carbons (Fsp3) is 0.444. The summed E-state index contributed by atoms with van der Waals surface area (Å²) >= 11 is 6.47. The summed E-state index contributed by atoms with van der Waals surface area (Å²) in [5, 5.41) is 2.75. The predicted molar refractivity (Wildman–Crippen MR) is 136 cm³/mol. The summed E-state index contributed by atoms with van der Waals surface area (Å²) in [6, 6.07) is 8.17. The molecular weight excluding hydrogens is 523 g/mol. The van der Waals surface area contributed by atoms with Crippen LogP contribution < -0.4 is 10.2 Å². The number of likely N-dealkylation sites (tertiary alicyclic amines) is 1. The van der Waals surface area contributed by atoms with Gasteiger partial charge < -0.3 is 10.1 Å². The summed E-state index contributed by atoms with van der Waals surface area (Å²) < 4.78 is 46.4. The molecule has 0 radical (unpaired) electrons. The molecule has 1 aliphatic heterocycles. The van der Waals surface area contributed by atoms with Crippen molar-refractivity contribution >= 4 is 35.2 Å². The maximum absolute atomic E-state index is 14.4. The van der Waals surface area contributed by atoms with E-state index in [4.69, 9.17) is 16.3 Å². The van der Waals surface area contributed by atoms with Gasteiger partial charge in [-0.15, -0.1) is 0 Å². The molecule has 204 valence electrons. The van der Waals surface area contributed by atoms with Crippen molar-refractivity contribution in [1.29, 1.82) is 0 Å². The van der Waals surface area contributed by atoms with Crippen LogP contribution in [-0.4, -0.2) is 53.5 Å². The van der Waals surface area contributed by atoms with Crippen molar-refractivity contribution in [1.82, 2.24) is 10.2 Å². The lowest BCUT2D eigenvalue weighted by molar-refractivity contribution is -0.133. The van der Waals surface area contributed by atoms with E-state index in [0.29, 0.717) is 6.42 Å². The molecule has 2 aromatic carbocycles. The number of hydrogen-bond acceptors (Lipinski definition) is 4. The van der Waals surface area contributed by atoms with Crippen LogP contribution in [0, 0.1) is 5.82 Å². The topological polar surface area (TPSA) is 79.0 Å². The molecule has 2 aromatic rings. The van der Waals surface area contributed by atoms with Gasteiger partial charge in [-0.25, -0.2) is 18.0 Å². The van der Waals surface area contributed by atoms with E-state index in [1.165, 1.54) is 42.3 Å². The van der Waals surface area contributed by atoms with E-state index >= 15 is 0 Å². The van der Waals surface area contributed by atoms with Gasteiger partial charge in [0.25, 0.3) is 11.8 Å². The number of benzene rings is 2. The summed E-state index contributed by atoms with van der Waals surface area (Å²) in [7, 11) is 1.21. The van der Waals surface area contributed by atoms with Crippen LogP contribution in [0.4, 0.5) is 23.7 Å². The van der Waals surface area contributed by atoms with Gasteiger partial charge in [0.1, 0.15) is 17.9 Å². The van der Waals surface area contributed by atoms with Crippen LogP contribution in [0.25, 0.3) is 0 Å². The number of alkyl halides is 2. The molecule has 2 fully saturated rings. The zero-order valence-corrected chi connectivity index (χ0v) is 22.0. The van der Waals surface area contributed by atoms with Gasteiger partial charge in [0.2, 0.25) is 5.91 Å². The van der Waals surface area contributed by atoms with Crippen molar-refractivity contribution in [2.45, 2.75) is 69.1 Å². The number of rotatable bonds is 6. The molecule has 0 unspecified atom stereocenters. The highest BCUT2D eigenvalue weighted by molar-refractivity contribution is 6.31. The number of nitrogens with one attached hydrogen (secondary N) is 1. The molecule has 1 saturated heterocycles. The first-order valence-electron chi connectivity index (χ1n) is 12.2. The van der Waals surface area contributed by atoms with Gasteiger partial charge in [-0.3, -0.25) is 19.4 Å². The molecule has 38 heavy (non-hydrogen) atoms. The Morgan fingerprint density at radius 2 is 1.82 bits per heavy atom. The molecule has 3 amide bonds. The van der Waals surface area contributed by atoms with Crippen molar-refractivity contribution in [2.24, 2.45) is 0 Å². The number of anilines is 1. The van der Waals surface area contributed by atoms with Crippen LogP contribution >= 0.6 is 11.6 Å². The summed E-state index contributed by atoms with van der Waals surface area (Å²) in [6.45, 7) is 3.58. The van der Waals surface area contributed by atoms with Gasteiger partial charge in [-0.05, 0) is 51.0 Å². The Balaban J connectivity index is 1.82. The molecular formula is C27H29ClF3N3O4. The Bertz CT molecular complexity index is 1230. The maximum Gasteiger partial charge on any atom is 0.410 e. The van der Waals surface area contributed by atoms with Crippen LogP contribution in [-0.2, 0) is 14.3 Å². The number of carbonyl (C=O) groups excluding carboxylic acids is 3. The average Bonchev–Trinajstić information content (AvgIpc) is 3.15. The van der Waals surface area contributed by atoms with E-state index in [0.717, 1.165) is 11.0 Å². The largest absolute Gasteiger partial charge is 0.453 e. The Hall–Kier alpha value is -3.27. The van der Waals surface area contributed by atoms with Crippen molar-refractivity contribution in [3.05, 3.63) is 64.9 Å². The number of carbonyl (C=O) groups is 3. The molecule has 0 bridgehead atoms. The van der Waals surface area contributed by atoms with E-state index < -0.39 is 66.2 Å². The normalized spacial score (nSPS) is 20.8. The first-order valence-corrected chi connectivity index (χ1v) is 12.6. The van der Waals surface area contributed by atoms with Crippen LogP contribution in [0.3, 0.4) is 0 Å². The highest BCUT2D eigenvalue weighted by Gasteiger charge is 2.51. The van der Waals surface area contributed by atoms with E-state index in [-0.39, 0.29) is 22.7 Å². The molecule has 1 saturated carbocycles.